The topological polar surface area (TPSA) is 80.3 Å². The van der Waals surface area contributed by atoms with Crippen LogP contribution in [0.1, 0.15) is 85.0 Å². The maximum absolute atomic E-state index is 11.2. The van der Waals surface area contributed by atoms with Gasteiger partial charge in [-0.3, -0.25) is 0 Å². The Morgan fingerprint density at radius 3 is 1.48 bits per heavy atom. The third-order valence-electron chi connectivity index (χ3n) is 4.39. The molecule has 4 nitrogen and oxygen atoms in total. The third kappa shape index (κ3) is 10.7. The smallest absolute Gasteiger partial charge is 0.549 e. The summed E-state index contributed by atoms with van der Waals surface area (Å²) in [6.07, 6.45) is 9.98. The molecule has 0 rings (SSSR count). The van der Waals surface area contributed by atoms with E-state index in [0.29, 0.717) is 6.42 Å². The average molecular weight is 344 g/mol. The van der Waals surface area contributed by atoms with Gasteiger partial charge >= 0.3 is 70.2 Å². The van der Waals surface area contributed by atoms with Crippen molar-refractivity contribution in [2.45, 2.75) is 85.0 Å². The molecule has 6 heteroatoms. The van der Waals surface area contributed by atoms with Crippen LogP contribution in [0.2, 0.25) is 0 Å². The second kappa shape index (κ2) is 16.6. The van der Waals surface area contributed by atoms with Crippen LogP contribution in [-0.4, -0.2) is 11.9 Å². The Bertz CT molecular complexity index is 308. The Kier molecular flexibility index (Phi) is 20.9. The van der Waals surface area contributed by atoms with E-state index in [0.717, 1.165) is 19.3 Å². The molecule has 0 aromatic rings. The number of hydrogen-bond donors (Lipinski definition) is 0. The Hall–Kier alpha value is 1.17. The molecule has 0 saturated heterocycles. The van der Waals surface area contributed by atoms with Gasteiger partial charge in [-0.1, -0.05) is 78.6 Å². The van der Waals surface area contributed by atoms with E-state index in [1.807, 2.05) is 0 Å². The van der Waals surface area contributed by atoms with Crippen LogP contribution in [0, 0.1) is 11.3 Å². The fraction of sp³-hybridized carbons (Fsp3) is 0.882. The third-order valence-corrected chi connectivity index (χ3v) is 4.39. The average Bonchev–Trinajstić information content (AvgIpc) is 2.39. The van der Waals surface area contributed by atoms with E-state index >= 15 is 0 Å². The maximum atomic E-state index is 11.2. The van der Waals surface area contributed by atoms with Gasteiger partial charge in [-0.2, -0.15) is 0 Å². The summed E-state index contributed by atoms with van der Waals surface area (Å²) in [5.41, 5.74) is -1.85. The van der Waals surface area contributed by atoms with Crippen molar-refractivity contribution in [1.82, 2.24) is 0 Å². The van der Waals surface area contributed by atoms with Gasteiger partial charge in [0.25, 0.3) is 0 Å². The first-order valence-electron chi connectivity index (χ1n) is 8.32. The van der Waals surface area contributed by atoms with Gasteiger partial charge in [0, 0.05) is 0 Å². The normalized spacial score (nSPS) is 10.8. The molecule has 0 atom stereocenters. The number of carbonyl (C=O) groups excluding carboxylic acids is 2. The molecule has 0 aromatic carbocycles. The van der Waals surface area contributed by atoms with Crippen LogP contribution in [0.25, 0.3) is 0 Å². The van der Waals surface area contributed by atoms with E-state index in [4.69, 9.17) is 0 Å². The molecule has 0 fully saturated rings. The fourth-order valence-corrected chi connectivity index (χ4v) is 2.76. The number of carboxylic acids is 2. The zero-order valence-corrected chi connectivity index (χ0v) is 18.9. The molecule has 0 aliphatic carbocycles. The molecular formula is C17H30KLiO4. The second-order valence-electron chi connectivity index (χ2n) is 6.28. The van der Waals surface area contributed by atoms with E-state index in [1.165, 1.54) is 32.1 Å². The molecule has 0 aromatic heterocycles. The Morgan fingerprint density at radius 1 is 0.826 bits per heavy atom. The number of hydrogen-bond acceptors (Lipinski definition) is 4. The molecule has 124 valence electrons. The molecule has 0 N–H and O–H groups in total. The molecule has 0 aliphatic heterocycles. The minimum absolute atomic E-state index is 0. The number of carbonyl (C=O) groups is 2. The molecule has 0 amide bonds. The van der Waals surface area contributed by atoms with Gasteiger partial charge in [0.2, 0.25) is 0 Å². The standard InChI is InChI=1S/C17H32O4.K.Li/c1-4-5-6-7-8-9-10-11-12-13-17(14(2)3,15(18)19)16(20)21;;/h14H,4-13H2,1-3H3,(H,18,19)(H,20,21);;/q;2*+1/p-2. The Labute approximate surface area is 196 Å². The molecule has 0 spiro atoms. The summed E-state index contributed by atoms with van der Waals surface area (Å²) in [6, 6.07) is 0. The minimum atomic E-state index is -1.85. The van der Waals surface area contributed by atoms with Crippen molar-refractivity contribution in [3.8, 4) is 0 Å². The van der Waals surface area contributed by atoms with Gasteiger partial charge < -0.3 is 19.8 Å². The van der Waals surface area contributed by atoms with Crippen LogP contribution < -0.4 is 80.5 Å². The minimum Gasteiger partial charge on any atom is -0.549 e. The fourth-order valence-electron chi connectivity index (χ4n) is 2.76. The molecular weight excluding hydrogens is 314 g/mol. The second-order valence-corrected chi connectivity index (χ2v) is 6.28. The van der Waals surface area contributed by atoms with E-state index in [9.17, 15) is 19.8 Å². The maximum Gasteiger partial charge on any atom is 1.00 e. The number of carboxylic acid groups (broad SMARTS) is 2. The summed E-state index contributed by atoms with van der Waals surface area (Å²) in [7, 11) is 0. The van der Waals surface area contributed by atoms with Crippen LogP contribution in [0.4, 0.5) is 0 Å². The molecule has 0 bridgehead atoms. The van der Waals surface area contributed by atoms with Crippen molar-refractivity contribution in [3.63, 3.8) is 0 Å². The van der Waals surface area contributed by atoms with Crippen LogP contribution >= 0.6 is 0 Å². The quantitative estimate of drug-likeness (QED) is 0.194. The van der Waals surface area contributed by atoms with E-state index in [2.05, 4.69) is 6.92 Å². The zero-order chi connectivity index (χ0) is 16.3. The summed E-state index contributed by atoms with van der Waals surface area (Å²) in [5.74, 6) is -3.56. The zero-order valence-electron chi connectivity index (χ0n) is 15.8. The molecule has 0 radical (unpaired) electrons. The molecule has 0 heterocycles. The molecule has 0 saturated carbocycles. The summed E-state index contributed by atoms with van der Waals surface area (Å²) in [4.78, 5) is 22.5. The van der Waals surface area contributed by atoms with Gasteiger partial charge in [-0.05, 0) is 12.3 Å². The van der Waals surface area contributed by atoms with Crippen LogP contribution in [0.15, 0.2) is 0 Å². The number of rotatable bonds is 13. The van der Waals surface area contributed by atoms with Crippen LogP contribution in [0.5, 0.6) is 0 Å². The van der Waals surface area contributed by atoms with E-state index < -0.39 is 23.3 Å². The summed E-state index contributed by atoms with van der Waals surface area (Å²) < 4.78 is 0. The van der Waals surface area contributed by atoms with Gasteiger partial charge in [0.15, 0.2) is 0 Å². The van der Waals surface area contributed by atoms with Gasteiger partial charge in [0.05, 0.1) is 17.4 Å². The SMILES string of the molecule is CCCCCCCCCCCC(C(=O)[O-])(C(=O)[O-])C(C)C.[K+].[Li+]. The monoisotopic (exact) mass is 344 g/mol. The summed E-state index contributed by atoms with van der Waals surface area (Å²) >= 11 is 0. The van der Waals surface area contributed by atoms with E-state index in [-0.39, 0.29) is 76.7 Å². The largest absolute Gasteiger partial charge is 1.00 e. The van der Waals surface area contributed by atoms with Crippen LogP contribution in [-0.2, 0) is 9.59 Å². The van der Waals surface area contributed by atoms with Crippen molar-refractivity contribution in [2.75, 3.05) is 0 Å². The molecule has 0 aliphatic rings. The predicted molar refractivity (Wildman–Crippen MR) is 79.1 cm³/mol. The molecule has 23 heavy (non-hydrogen) atoms. The Morgan fingerprint density at radius 2 is 1.17 bits per heavy atom. The van der Waals surface area contributed by atoms with Gasteiger partial charge in [0.1, 0.15) is 0 Å². The number of aliphatic carboxylic acids is 2. The van der Waals surface area contributed by atoms with Gasteiger partial charge in [-0.15, -0.1) is 0 Å². The van der Waals surface area contributed by atoms with Crippen molar-refractivity contribution >= 4 is 11.9 Å². The van der Waals surface area contributed by atoms with Crippen molar-refractivity contribution in [2.24, 2.45) is 11.3 Å². The Balaban J connectivity index is -0.00000200. The first kappa shape index (κ1) is 29.0. The van der Waals surface area contributed by atoms with Crippen molar-refractivity contribution < 1.29 is 90.0 Å². The first-order valence-corrected chi connectivity index (χ1v) is 8.32. The summed E-state index contributed by atoms with van der Waals surface area (Å²) in [5, 5.41) is 22.5. The van der Waals surface area contributed by atoms with Crippen molar-refractivity contribution in [1.29, 1.82) is 0 Å². The number of unbranched alkanes of at least 4 members (excludes halogenated alkanes) is 8. The molecule has 0 unspecified atom stereocenters. The summed E-state index contributed by atoms with van der Waals surface area (Å²) in [6.45, 7) is 5.38. The van der Waals surface area contributed by atoms with Gasteiger partial charge in [-0.25, -0.2) is 0 Å². The van der Waals surface area contributed by atoms with Crippen molar-refractivity contribution in [3.05, 3.63) is 0 Å². The predicted octanol–water partition coefficient (Wildman–Crippen LogP) is -3.94. The van der Waals surface area contributed by atoms with Crippen LogP contribution in [0.3, 0.4) is 0 Å². The van der Waals surface area contributed by atoms with E-state index in [1.54, 1.807) is 13.8 Å². The first-order chi connectivity index (χ1) is 9.89.